The van der Waals surface area contributed by atoms with Crippen LogP contribution in [0.5, 0.6) is 0 Å². The zero-order valence-corrected chi connectivity index (χ0v) is 10.3. The first-order valence-electron chi connectivity index (χ1n) is 5.73. The van der Waals surface area contributed by atoms with Crippen LogP contribution in [0.2, 0.25) is 0 Å². The minimum absolute atomic E-state index is 0.270. The van der Waals surface area contributed by atoms with Crippen LogP contribution in [0.15, 0.2) is 0 Å². The molecule has 1 fully saturated rings. The lowest BCUT2D eigenvalue weighted by Crippen LogP contribution is -2.29. The van der Waals surface area contributed by atoms with Crippen LogP contribution >= 0.6 is 11.6 Å². The van der Waals surface area contributed by atoms with Crippen LogP contribution in [-0.4, -0.2) is 54.9 Å². The summed E-state index contributed by atoms with van der Waals surface area (Å²) >= 11 is 5.93. The second-order valence-corrected chi connectivity index (χ2v) is 5.19. The predicted molar refractivity (Wildman–Crippen MR) is 63.1 cm³/mol. The van der Waals surface area contributed by atoms with Crippen LogP contribution in [0.25, 0.3) is 0 Å². The van der Waals surface area contributed by atoms with Gasteiger partial charge in [0.05, 0.1) is 0 Å². The maximum absolute atomic E-state index is 5.93. The summed E-state index contributed by atoms with van der Waals surface area (Å²) in [5.74, 6) is 0. The molecule has 1 saturated heterocycles. The third-order valence-electron chi connectivity index (χ3n) is 2.78. The Morgan fingerprint density at radius 2 is 2.00 bits per heavy atom. The predicted octanol–water partition coefficient (Wildman–Crippen LogP) is 2.03. The van der Waals surface area contributed by atoms with Crippen molar-refractivity contribution in [2.45, 2.75) is 31.6 Å². The molecule has 1 aliphatic rings. The molecular formula is C11H23ClN2. The van der Waals surface area contributed by atoms with Crippen LogP contribution in [0, 0.1) is 0 Å². The highest BCUT2D eigenvalue weighted by molar-refractivity contribution is 6.20. The number of likely N-dealkylation sites (tertiary alicyclic amines) is 1. The fourth-order valence-electron chi connectivity index (χ4n) is 2.09. The number of halogens is 1. The van der Waals surface area contributed by atoms with Crippen molar-refractivity contribution < 1.29 is 0 Å². The maximum atomic E-state index is 5.93. The smallest absolute Gasteiger partial charge is 0.0434 e. The SMILES string of the molecule is CC(Cl)CN(C)CCCN1CCCC1. The Morgan fingerprint density at radius 1 is 1.36 bits per heavy atom. The van der Waals surface area contributed by atoms with Crippen molar-refractivity contribution in [3.8, 4) is 0 Å². The van der Waals surface area contributed by atoms with E-state index in [-0.39, 0.29) is 5.38 Å². The fraction of sp³-hybridized carbons (Fsp3) is 1.00. The van der Waals surface area contributed by atoms with Crippen LogP contribution in [-0.2, 0) is 0 Å². The molecule has 1 heterocycles. The molecule has 84 valence electrons. The van der Waals surface area contributed by atoms with Gasteiger partial charge in [-0.1, -0.05) is 0 Å². The Morgan fingerprint density at radius 3 is 2.57 bits per heavy atom. The Hall–Kier alpha value is 0.210. The number of rotatable bonds is 6. The van der Waals surface area contributed by atoms with Crippen LogP contribution in [0.1, 0.15) is 26.2 Å². The van der Waals surface area contributed by atoms with Gasteiger partial charge in [0, 0.05) is 11.9 Å². The second-order valence-electron chi connectivity index (χ2n) is 4.45. The van der Waals surface area contributed by atoms with Crippen molar-refractivity contribution >= 4 is 11.6 Å². The molecule has 0 saturated carbocycles. The molecule has 1 rings (SSSR count). The lowest BCUT2D eigenvalue weighted by Gasteiger charge is -2.20. The van der Waals surface area contributed by atoms with Gasteiger partial charge in [-0.3, -0.25) is 0 Å². The zero-order valence-electron chi connectivity index (χ0n) is 9.51. The fourth-order valence-corrected chi connectivity index (χ4v) is 2.33. The molecule has 0 bridgehead atoms. The van der Waals surface area contributed by atoms with E-state index < -0.39 is 0 Å². The molecule has 0 radical (unpaired) electrons. The molecule has 0 spiro atoms. The van der Waals surface area contributed by atoms with Crippen molar-refractivity contribution in [2.24, 2.45) is 0 Å². The van der Waals surface area contributed by atoms with E-state index in [2.05, 4.69) is 23.8 Å². The highest BCUT2D eigenvalue weighted by Gasteiger charge is 2.11. The van der Waals surface area contributed by atoms with Gasteiger partial charge in [0.25, 0.3) is 0 Å². The molecule has 0 amide bonds. The molecule has 0 aliphatic carbocycles. The van der Waals surface area contributed by atoms with Gasteiger partial charge in [-0.15, -0.1) is 11.6 Å². The van der Waals surface area contributed by atoms with Crippen molar-refractivity contribution in [1.29, 1.82) is 0 Å². The van der Waals surface area contributed by atoms with Gasteiger partial charge in [0.15, 0.2) is 0 Å². The summed E-state index contributed by atoms with van der Waals surface area (Å²) in [6, 6.07) is 0. The molecule has 1 aliphatic heterocycles. The van der Waals surface area contributed by atoms with Gasteiger partial charge in [-0.25, -0.2) is 0 Å². The van der Waals surface area contributed by atoms with Gasteiger partial charge >= 0.3 is 0 Å². The van der Waals surface area contributed by atoms with E-state index in [1.54, 1.807) is 0 Å². The molecule has 0 aromatic carbocycles. The average molecular weight is 219 g/mol. The monoisotopic (exact) mass is 218 g/mol. The normalized spacial score (nSPS) is 20.6. The Kier molecular flexibility index (Phi) is 5.83. The third kappa shape index (κ3) is 5.18. The van der Waals surface area contributed by atoms with Crippen molar-refractivity contribution in [3.05, 3.63) is 0 Å². The molecule has 0 aromatic heterocycles. The van der Waals surface area contributed by atoms with E-state index in [1.807, 2.05) is 0 Å². The molecule has 1 atom stereocenters. The van der Waals surface area contributed by atoms with Gasteiger partial charge in [-0.2, -0.15) is 0 Å². The highest BCUT2D eigenvalue weighted by atomic mass is 35.5. The van der Waals surface area contributed by atoms with E-state index in [0.717, 1.165) is 6.54 Å². The van der Waals surface area contributed by atoms with Gasteiger partial charge in [0.1, 0.15) is 0 Å². The molecule has 3 heteroatoms. The molecule has 1 unspecified atom stereocenters. The van der Waals surface area contributed by atoms with E-state index >= 15 is 0 Å². The first-order chi connectivity index (χ1) is 6.68. The van der Waals surface area contributed by atoms with Crippen LogP contribution < -0.4 is 0 Å². The molecule has 2 nitrogen and oxygen atoms in total. The van der Waals surface area contributed by atoms with Gasteiger partial charge < -0.3 is 9.80 Å². The number of hydrogen-bond donors (Lipinski definition) is 0. The summed E-state index contributed by atoms with van der Waals surface area (Å²) in [4.78, 5) is 4.89. The highest BCUT2D eigenvalue weighted by Crippen LogP contribution is 2.07. The second kappa shape index (κ2) is 6.65. The van der Waals surface area contributed by atoms with Crippen LogP contribution in [0.3, 0.4) is 0 Å². The summed E-state index contributed by atoms with van der Waals surface area (Å²) in [5, 5.41) is 0.270. The van der Waals surface area contributed by atoms with E-state index in [9.17, 15) is 0 Å². The Bertz CT molecular complexity index is 144. The first kappa shape index (κ1) is 12.3. The number of hydrogen-bond acceptors (Lipinski definition) is 2. The lowest BCUT2D eigenvalue weighted by atomic mass is 10.3. The largest absolute Gasteiger partial charge is 0.305 e. The first-order valence-corrected chi connectivity index (χ1v) is 6.17. The topological polar surface area (TPSA) is 6.48 Å². The minimum Gasteiger partial charge on any atom is -0.305 e. The lowest BCUT2D eigenvalue weighted by molar-refractivity contribution is 0.281. The molecule has 0 N–H and O–H groups in total. The quantitative estimate of drug-likeness (QED) is 0.630. The Labute approximate surface area is 93.2 Å². The number of nitrogens with zero attached hydrogens (tertiary/aromatic N) is 2. The van der Waals surface area contributed by atoms with E-state index in [4.69, 9.17) is 11.6 Å². The molecule has 14 heavy (non-hydrogen) atoms. The summed E-state index contributed by atoms with van der Waals surface area (Å²) in [6.45, 7) is 8.12. The van der Waals surface area contributed by atoms with Crippen molar-refractivity contribution in [1.82, 2.24) is 9.80 Å². The van der Waals surface area contributed by atoms with Crippen LogP contribution in [0.4, 0.5) is 0 Å². The zero-order chi connectivity index (χ0) is 10.4. The number of alkyl halides is 1. The maximum Gasteiger partial charge on any atom is 0.0434 e. The summed E-state index contributed by atoms with van der Waals surface area (Å²) < 4.78 is 0. The summed E-state index contributed by atoms with van der Waals surface area (Å²) in [7, 11) is 2.16. The third-order valence-corrected chi connectivity index (χ3v) is 2.91. The van der Waals surface area contributed by atoms with Gasteiger partial charge in [-0.05, 0) is 59.4 Å². The van der Waals surface area contributed by atoms with E-state index in [0.29, 0.717) is 0 Å². The Balaban J connectivity index is 1.96. The van der Waals surface area contributed by atoms with E-state index in [1.165, 1.54) is 45.4 Å². The minimum atomic E-state index is 0.270. The van der Waals surface area contributed by atoms with Crippen molar-refractivity contribution in [2.75, 3.05) is 39.8 Å². The van der Waals surface area contributed by atoms with Gasteiger partial charge in [0.2, 0.25) is 0 Å². The molecular weight excluding hydrogens is 196 g/mol. The molecule has 0 aromatic rings. The van der Waals surface area contributed by atoms with Crippen molar-refractivity contribution in [3.63, 3.8) is 0 Å². The summed E-state index contributed by atoms with van der Waals surface area (Å²) in [5.41, 5.74) is 0. The average Bonchev–Trinajstić information content (AvgIpc) is 2.55. The standard InChI is InChI=1S/C11H23ClN2/c1-11(12)10-13(2)6-5-9-14-7-3-4-8-14/h11H,3-10H2,1-2H3. The summed E-state index contributed by atoms with van der Waals surface area (Å²) in [6.07, 6.45) is 4.07.